The van der Waals surface area contributed by atoms with Gasteiger partial charge in [0.2, 0.25) is 0 Å². The number of likely N-dealkylation sites (tertiary alicyclic amines) is 1. The van der Waals surface area contributed by atoms with Crippen molar-refractivity contribution in [2.75, 3.05) is 13.1 Å². The molecule has 1 saturated heterocycles. The van der Waals surface area contributed by atoms with E-state index in [0.29, 0.717) is 13.1 Å². The fraction of sp³-hybridized carbons (Fsp3) is 0.500. The van der Waals surface area contributed by atoms with Gasteiger partial charge in [0.15, 0.2) is 0 Å². The number of pyridine rings is 1. The van der Waals surface area contributed by atoms with E-state index in [0.717, 1.165) is 12.0 Å². The number of carboxylic acid groups (broad SMARTS) is 1. The van der Waals surface area contributed by atoms with Crippen molar-refractivity contribution in [2.24, 2.45) is 5.92 Å². The monoisotopic (exact) mass is 277 g/mol. The second-order valence-electron chi connectivity index (χ2n) is 5.15. The van der Waals surface area contributed by atoms with Crippen LogP contribution in [0, 0.1) is 5.92 Å². The zero-order valence-corrected chi connectivity index (χ0v) is 11.5. The summed E-state index contributed by atoms with van der Waals surface area (Å²) in [5, 5.41) is 11.7. The molecule has 0 bridgehead atoms. The molecule has 2 rings (SSSR count). The molecule has 0 aliphatic carbocycles. The number of carbonyl (C=O) groups excluding carboxylic acids is 1. The van der Waals surface area contributed by atoms with Crippen molar-refractivity contribution in [1.29, 1.82) is 0 Å². The highest BCUT2D eigenvalue weighted by Gasteiger charge is 2.28. The molecule has 2 N–H and O–H groups in total. The Balaban J connectivity index is 1.85. The molecule has 2 heterocycles. The van der Waals surface area contributed by atoms with Gasteiger partial charge in [-0.1, -0.05) is 0 Å². The molecule has 6 heteroatoms. The third-order valence-electron chi connectivity index (χ3n) is 3.58. The van der Waals surface area contributed by atoms with Crippen LogP contribution in [0.2, 0.25) is 0 Å². The quantitative estimate of drug-likeness (QED) is 0.876. The number of carboxylic acids is 1. The first-order valence-corrected chi connectivity index (χ1v) is 6.73. The lowest BCUT2D eigenvalue weighted by molar-refractivity contribution is -0.138. The number of hydrogen-bond acceptors (Lipinski definition) is 3. The highest BCUT2D eigenvalue weighted by Crippen LogP contribution is 2.20. The Labute approximate surface area is 117 Å². The van der Waals surface area contributed by atoms with Crippen LogP contribution in [0.4, 0.5) is 4.79 Å². The fourth-order valence-corrected chi connectivity index (χ4v) is 2.44. The number of carbonyl (C=O) groups is 2. The Hall–Kier alpha value is -2.11. The number of aromatic nitrogens is 1. The van der Waals surface area contributed by atoms with E-state index in [1.807, 2.05) is 19.1 Å². The van der Waals surface area contributed by atoms with Crippen LogP contribution in [0.3, 0.4) is 0 Å². The van der Waals surface area contributed by atoms with Gasteiger partial charge in [0.05, 0.1) is 6.04 Å². The SMILES string of the molecule is CC(NC(=O)N1CCC(CC(=O)O)C1)c1ccncc1. The lowest BCUT2D eigenvalue weighted by atomic mass is 10.1. The smallest absolute Gasteiger partial charge is 0.317 e. The zero-order chi connectivity index (χ0) is 14.5. The molecule has 1 aliphatic rings. The maximum absolute atomic E-state index is 12.1. The van der Waals surface area contributed by atoms with Crippen LogP contribution >= 0.6 is 0 Å². The number of nitrogens with one attached hydrogen (secondary N) is 1. The van der Waals surface area contributed by atoms with Crippen molar-refractivity contribution in [2.45, 2.75) is 25.8 Å². The predicted octanol–water partition coefficient (Wildman–Crippen LogP) is 1.65. The summed E-state index contributed by atoms with van der Waals surface area (Å²) in [7, 11) is 0. The lowest BCUT2D eigenvalue weighted by Crippen LogP contribution is -2.39. The van der Waals surface area contributed by atoms with E-state index in [1.54, 1.807) is 17.3 Å². The van der Waals surface area contributed by atoms with Crippen LogP contribution in [0.5, 0.6) is 0 Å². The average molecular weight is 277 g/mol. The van der Waals surface area contributed by atoms with Gasteiger partial charge < -0.3 is 15.3 Å². The summed E-state index contributed by atoms with van der Waals surface area (Å²) in [5.41, 5.74) is 0.995. The molecule has 0 aromatic carbocycles. The van der Waals surface area contributed by atoms with Gasteiger partial charge in [-0.3, -0.25) is 9.78 Å². The largest absolute Gasteiger partial charge is 0.481 e. The number of aliphatic carboxylic acids is 1. The summed E-state index contributed by atoms with van der Waals surface area (Å²) in [6.45, 7) is 3.05. The molecule has 1 aromatic rings. The van der Waals surface area contributed by atoms with Crippen LogP contribution in [0.15, 0.2) is 24.5 Å². The minimum Gasteiger partial charge on any atom is -0.481 e. The first kappa shape index (κ1) is 14.3. The lowest BCUT2D eigenvalue weighted by Gasteiger charge is -2.21. The van der Waals surface area contributed by atoms with Crippen molar-refractivity contribution in [3.63, 3.8) is 0 Å². The van der Waals surface area contributed by atoms with Crippen molar-refractivity contribution in [1.82, 2.24) is 15.2 Å². The van der Waals surface area contributed by atoms with Crippen molar-refractivity contribution in [3.8, 4) is 0 Å². The van der Waals surface area contributed by atoms with Crippen LogP contribution in [0.1, 0.15) is 31.4 Å². The Morgan fingerprint density at radius 1 is 1.50 bits per heavy atom. The van der Waals surface area contributed by atoms with Gasteiger partial charge in [0.1, 0.15) is 0 Å². The van der Waals surface area contributed by atoms with E-state index in [4.69, 9.17) is 5.11 Å². The molecule has 20 heavy (non-hydrogen) atoms. The fourth-order valence-electron chi connectivity index (χ4n) is 2.44. The Kier molecular flexibility index (Phi) is 4.55. The minimum atomic E-state index is -0.803. The van der Waals surface area contributed by atoms with Gasteiger partial charge in [-0.15, -0.1) is 0 Å². The molecule has 108 valence electrons. The Morgan fingerprint density at radius 3 is 2.85 bits per heavy atom. The summed E-state index contributed by atoms with van der Waals surface area (Å²) >= 11 is 0. The maximum atomic E-state index is 12.1. The van der Waals surface area contributed by atoms with Crippen molar-refractivity contribution >= 4 is 12.0 Å². The average Bonchev–Trinajstić information content (AvgIpc) is 2.87. The van der Waals surface area contributed by atoms with Crippen LogP contribution in [-0.2, 0) is 4.79 Å². The van der Waals surface area contributed by atoms with E-state index in [-0.39, 0.29) is 24.4 Å². The van der Waals surface area contributed by atoms with Crippen molar-refractivity contribution in [3.05, 3.63) is 30.1 Å². The van der Waals surface area contributed by atoms with E-state index >= 15 is 0 Å². The van der Waals surface area contributed by atoms with Crippen LogP contribution in [0.25, 0.3) is 0 Å². The van der Waals surface area contributed by atoms with Gasteiger partial charge >= 0.3 is 12.0 Å². The van der Waals surface area contributed by atoms with Crippen LogP contribution in [-0.4, -0.2) is 40.1 Å². The number of nitrogens with zero attached hydrogens (tertiary/aromatic N) is 2. The van der Waals surface area contributed by atoms with E-state index in [1.165, 1.54) is 0 Å². The van der Waals surface area contributed by atoms with E-state index < -0.39 is 5.97 Å². The first-order chi connectivity index (χ1) is 9.56. The standard InChI is InChI=1S/C14H19N3O3/c1-10(12-2-5-15-6-3-12)16-14(20)17-7-4-11(9-17)8-13(18)19/h2-3,5-6,10-11H,4,7-9H2,1H3,(H,16,20)(H,18,19). The molecule has 0 spiro atoms. The van der Waals surface area contributed by atoms with E-state index in [2.05, 4.69) is 10.3 Å². The third kappa shape index (κ3) is 3.69. The number of amides is 2. The summed E-state index contributed by atoms with van der Waals surface area (Å²) in [6, 6.07) is 3.50. The second-order valence-corrected chi connectivity index (χ2v) is 5.15. The second kappa shape index (κ2) is 6.36. The Bertz CT molecular complexity index is 478. The van der Waals surface area contributed by atoms with Gasteiger partial charge in [0.25, 0.3) is 0 Å². The number of urea groups is 1. The normalized spacial score (nSPS) is 19.6. The molecule has 2 unspecified atom stereocenters. The zero-order valence-electron chi connectivity index (χ0n) is 11.5. The minimum absolute atomic E-state index is 0.0643. The van der Waals surface area contributed by atoms with Crippen molar-refractivity contribution < 1.29 is 14.7 Å². The molecular weight excluding hydrogens is 258 g/mol. The van der Waals surface area contributed by atoms with Gasteiger partial charge in [-0.05, 0) is 37.0 Å². The van der Waals surface area contributed by atoms with Gasteiger partial charge in [0, 0.05) is 31.9 Å². The van der Waals surface area contributed by atoms with Gasteiger partial charge in [-0.2, -0.15) is 0 Å². The maximum Gasteiger partial charge on any atom is 0.317 e. The molecule has 1 aromatic heterocycles. The predicted molar refractivity (Wildman–Crippen MR) is 73.1 cm³/mol. The highest BCUT2D eigenvalue weighted by atomic mass is 16.4. The molecule has 1 fully saturated rings. The summed E-state index contributed by atoms with van der Waals surface area (Å²) in [5.74, 6) is -0.739. The molecule has 0 radical (unpaired) electrons. The number of rotatable bonds is 4. The summed E-state index contributed by atoms with van der Waals surface area (Å²) in [6.07, 6.45) is 4.26. The summed E-state index contributed by atoms with van der Waals surface area (Å²) < 4.78 is 0. The summed E-state index contributed by atoms with van der Waals surface area (Å²) in [4.78, 5) is 28.4. The van der Waals surface area contributed by atoms with E-state index in [9.17, 15) is 9.59 Å². The molecule has 2 atom stereocenters. The van der Waals surface area contributed by atoms with Crippen LogP contribution < -0.4 is 5.32 Å². The molecule has 2 amide bonds. The molecule has 1 aliphatic heterocycles. The van der Waals surface area contributed by atoms with Gasteiger partial charge in [-0.25, -0.2) is 4.79 Å². The Morgan fingerprint density at radius 2 is 2.20 bits per heavy atom. The number of hydrogen-bond donors (Lipinski definition) is 2. The highest BCUT2D eigenvalue weighted by molar-refractivity contribution is 5.75. The third-order valence-corrected chi connectivity index (χ3v) is 3.58. The molecule has 6 nitrogen and oxygen atoms in total. The topological polar surface area (TPSA) is 82.5 Å². The first-order valence-electron chi connectivity index (χ1n) is 6.73. The molecule has 0 saturated carbocycles. The molecular formula is C14H19N3O3.